The number of anilines is 2. The van der Waals surface area contributed by atoms with Crippen LogP contribution in [0, 0.1) is 11.8 Å². The van der Waals surface area contributed by atoms with Crippen LogP contribution in [-0.4, -0.2) is 40.3 Å². The molecule has 55 heavy (non-hydrogen) atoms. The van der Waals surface area contributed by atoms with Crippen LogP contribution in [0.1, 0.15) is 46.8 Å². The molecule has 4 unspecified atom stereocenters. The van der Waals surface area contributed by atoms with E-state index in [-0.39, 0.29) is 23.3 Å². The number of hydrogen-bond acceptors (Lipinski definition) is 3. The summed E-state index contributed by atoms with van der Waals surface area (Å²) in [6.07, 6.45) is -3.43. The fourth-order valence-electron chi connectivity index (χ4n) is 8.45. The van der Waals surface area contributed by atoms with E-state index in [1.807, 2.05) is 54.6 Å². The SMILES string of the molecule is C=CC1C[N+]2(CCc3ccccc3)CCC1CC2[C@H](OCc1ccccc1)c1ccnc2ccc(NC(=S)Nc3cc(C(F)(F)F)cc(C(F)(F)F)c3)cc12. The number of rotatable bonds is 11. The fraction of sp³-hybridized carbons (Fsp3) is 0.302. The van der Waals surface area contributed by atoms with Gasteiger partial charge in [0.05, 0.1) is 42.9 Å². The number of nitrogens with one attached hydrogen (secondary N) is 2. The Morgan fingerprint density at radius 2 is 1.51 bits per heavy atom. The van der Waals surface area contributed by atoms with Crippen molar-refractivity contribution < 1.29 is 35.6 Å². The third kappa shape index (κ3) is 8.71. The molecule has 3 aliphatic rings. The number of halogens is 6. The highest BCUT2D eigenvalue weighted by molar-refractivity contribution is 7.80. The van der Waals surface area contributed by atoms with Gasteiger partial charge in [-0.15, -0.1) is 6.58 Å². The van der Waals surface area contributed by atoms with E-state index in [0.717, 1.165) is 59.9 Å². The summed E-state index contributed by atoms with van der Waals surface area (Å²) in [6.45, 7) is 7.55. The number of ether oxygens (including phenoxy) is 1. The lowest BCUT2D eigenvalue weighted by molar-refractivity contribution is -0.973. The molecule has 0 saturated carbocycles. The number of nitrogens with zero attached hydrogens (tertiary/aromatic N) is 2. The number of fused-ring (bicyclic) bond motifs is 4. The normalized spacial score (nSPS) is 21.6. The quantitative estimate of drug-likeness (QED) is 0.0606. The molecule has 0 amide bonds. The molecule has 2 N–H and O–H groups in total. The Labute approximate surface area is 321 Å². The van der Waals surface area contributed by atoms with Gasteiger partial charge in [-0.2, -0.15) is 26.3 Å². The van der Waals surface area contributed by atoms with Crippen LogP contribution < -0.4 is 10.6 Å². The molecule has 3 fully saturated rings. The Hall–Kier alpha value is -4.78. The lowest BCUT2D eigenvalue weighted by Crippen LogP contribution is -2.68. The van der Waals surface area contributed by atoms with Crippen molar-refractivity contribution in [2.24, 2.45) is 11.8 Å². The van der Waals surface area contributed by atoms with Gasteiger partial charge in [-0.1, -0.05) is 66.7 Å². The molecular weight excluding hydrogens is 735 g/mol. The second kappa shape index (κ2) is 15.8. The molecular formula is C43H41F6N4OS+. The van der Waals surface area contributed by atoms with Gasteiger partial charge < -0.3 is 19.9 Å². The monoisotopic (exact) mass is 775 g/mol. The summed E-state index contributed by atoms with van der Waals surface area (Å²) >= 11 is 5.40. The maximum absolute atomic E-state index is 13.5. The first-order valence-electron chi connectivity index (χ1n) is 18.3. The van der Waals surface area contributed by atoms with Crippen LogP contribution in [0.2, 0.25) is 0 Å². The van der Waals surface area contributed by atoms with Gasteiger partial charge in [-0.25, -0.2) is 0 Å². The molecule has 12 heteroatoms. The highest BCUT2D eigenvalue weighted by Crippen LogP contribution is 2.49. The van der Waals surface area contributed by atoms with Gasteiger partial charge in [0.1, 0.15) is 12.1 Å². The Morgan fingerprint density at radius 1 is 0.855 bits per heavy atom. The number of alkyl halides is 6. The molecule has 0 radical (unpaired) electrons. The molecule has 3 saturated heterocycles. The van der Waals surface area contributed by atoms with Crippen molar-refractivity contribution in [1.29, 1.82) is 0 Å². The predicted octanol–water partition coefficient (Wildman–Crippen LogP) is 11.0. The molecule has 5 atom stereocenters. The lowest BCUT2D eigenvalue weighted by atomic mass is 9.71. The molecule has 1 aromatic heterocycles. The van der Waals surface area contributed by atoms with Crippen LogP contribution in [-0.2, 0) is 30.1 Å². The Kier molecular flexibility index (Phi) is 11.0. The van der Waals surface area contributed by atoms with Crippen molar-refractivity contribution >= 4 is 39.6 Å². The van der Waals surface area contributed by atoms with Crippen LogP contribution in [0.3, 0.4) is 0 Å². The van der Waals surface area contributed by atoms with Crippen molar-refractivity contribution in [2.45, 2.75) is 50.4 Å². The number of quaternary nitrogens is 1. The second-order valence-corrected chi connectivity index (χ2v) is 15.0. The minimum Gasteiger partial charge on any atom is -0.363 e. The Bertz CT molecular complexity index is 2110. The van der Waals surface area contributed by atoms with E-state index in [4.69, 9.17) is 17.0 Å². The smallest absolute Gasteiger partial charge is 0.363 e. The van der Waals surface area contributed by atoms with E-state index < -0.39 is 29.2 Å². The molecule has 2 bridgehead atoms. The second-order valence-electron chi connectivity index (χ2n) is 14.6. The standard InChI is InChI=1S/C43H40F6N4OS/c1-2-30-26-53(19-16-28-9-5-3-6-10-28)20-17-31(30)21-39(53)40(54-27-29-11-7-4-8-12-29)36-15-18-50-38-14-13-34(25-37(36)38)51-41(55)52-35-23-32(42(44,45)46)22-33(24-35)43(47,48)49/h2-15,18,22-25,30-31,39-40H,1,16-17,19-21,26-27H2,(H-,51,52,55)/p+1/t30?,31?,39?,40-,53?/m1/s1. The zero-order valence-corrected chi connectivity index (χ0v) is 30.7. The van der Waals surface area contributed by atoms with E-state index in [9.17, 15) is 26.3 Å². The van der Waals surface area contributed by atoms with Gasteiger partial charge in [0, 0.05) is 48.1 Å². The zero-order valence-electron chi connectivity index (χ0n) is 29.9. The number of benzene rings is 4. The Balaban J connectivity index is 1.23. The molecule has 286 valence electrons. The molecule has 4 aromatic carbocycles. The summed E-state index contributed by atoms with van der Waals surface area (Å²) in [5.41, 5.74) is 1.14. The van der Waals surface area contributed by atoms with Crippen LogP contribution >= 0.6 is 12.2 Å². The predicted molar refractivity (Wildman–Crippen MR) is 207 cm³/mol. The maximum atomic E-state index is 13.5. The van der Waals surface area contributed by atoms with Gasteiger partial charge in [0.15, 0.2) is 5.11 Å². The molecule has 0 spiro atoms. The van der Waals surface area contributed by atoms with Crippen LogP contribution in [0.5, 0.6) is 0 Å². The third-order valence-electron chi connectivity index (χ3n) is 11.2. The number of aromatic nitrogens is 1. The van der Waals surface area contributed by atoms with E-state index in [2.05, 4.69) is 52.5 Å². The summed E-state index contributed by atoms with van der Waals surface area (Å²) < 4.78 is 89.1. The third-order valence-corrected chi connectivity index (χ3v) is 11.4. The summed E-state index contributed by atoms with van der Waals surface area (Å²) in [5.74, 6) is 0.877. The number of piperidine rings is 3. The average molecular weight is 776 g/mol. The van der Waals surface area contributed by atoms with Gasteiger partial charge >= 0.3 is 12.4 Å². The van der Waals surface area contributed by atoms with Crippen molar-refractivity contribution in [1.82, 2.24) is 4.98 Å². The number of thiocarbonyl (C=S) groups is 1. The fourth-order valence-corrected chi connectivity index (χ4v) is 8.69. The van der Waals surface area contributed by atoms with Crippen molar-refractivity contribution in [3.05, 3.63) is 150 Å². The van der Waals surface area contributed by atoms with Gasteiger partial charge in [-0.05, 0) is 77.3 Å². The first-order chi connectivity index (χ1) is 26.3. The summed E-state index contributed by atoms with van der Waals surface area (Å²) in [5, 5.41) is 6.11. The minimum atomic E-state index is -4.99. The minimum absolute atomic E-state index is 0.0794. The maximum Gasteiger partial charge on any atom is 0.416 e. The van der Waals surface area contributed by atoms with Crippen molar-refractivity contribution in [3.8, 4) is 0 Å². The molecule has 3 aliphatic heterocycles. The van der Waals surface area contributed by atoms with E-state index in [1.54, 1.807) is 12.3 Å². The van der Waals surface area contributed by atoms with E-state index >= 15 is 0 Å². The summed E-state index contributed by atoms with van der Waals surface area (Å²) in [6, 6.07) is 29.3. The van der Waals surface area contributed by atoms with E-state index in [0.29, 0.717) is 41.8 Å². The van der Waals surface area contributed by atoms with E-state index in [1.165, 1.54) is 5.56 Å². The lowest BCUT2D eigenvalue weighted by Gasteiger charge is -2.58. The number of pyridine rings is 1. The largest absolute Gasteiger partial charge is 0.416 e. The topological polar surface area (TPSA) is 46.2 Å². The van der Waals surface area contributed by atoms with Crippen LogP contribution in [0.4, 0.5) is 37.7 Å². The molecule has 4 heterocycles. The molecule has 8 rings (SSSR count). The molecule has 5 aromatic rings. The molecule has 0 aliphatic carbocycles. The molecule has 5 nitrogen and oxygen atoms in total. The van der Waals surface area contributed by atoms with Gasteiger partial charge in [-0.3, -0.25) is 4.98 Å². The summed E-state index contributed by atoms with van der Waals surface area (Å²) in [4.78, 5) is 4.64. The number of hydrogen-bond donors (Lipinski definition) is 2. The highest BCUT2D eigenvalue weighted by Gasteiger charge is 2.54. The van der Waals surface area contributed by atoms with Crippen LogP contribution in [0.25, 0.3) is 10.9 Å². The van der Waals surface area contributed by atoms with Crippen LogP contribution in [0.15, 0.2) is 122 Å². The summed E-state index contributed by atoms with van der Waals surface area (Å²) in [7, 11) is 0. The average Bonchev–Trinajstić information content (AvgIpc) is 3.17. The first-order valence-corrected chi connectivity index (χ1v) is 18.7. The van der Waals surface area contributed by atoms with Gasteiger partial charge in [0.2, 0.25) is 0 Å². The van der Waals surface area contributed by atoms with Crippen molar-refractivity contribution in [3.63, 3.8) is 0 Å². The Morgan fingerprint density at radius 3 is 2.16 bits per heavy atom. The highest BCUT2D eigenvalue weighted by atomic mass is 32.1. The first kappa shape index (κ1) is 38.5. The van der Waals surface area contributed by atoms with Crippen molar-refractivity contribution in [2.75, 3.05) is 30.3 Å². The van der Waals surface area contributed by atoms with Gasteiger partial charge in [0.25, 0.3) is 0 Å². The zero-order chi connectivity index (χ0) is 38.8.